The van der Waals surface area contributed by atoms with E-state index >= 15 is 0 Å². The average molecular weight is 393 g/mol. The third kappa shape index (κ3) is 5.52. The van der Waals surface area contributed by atoms with Crippen molar-refractivity contribution >= 4 is 22.7 Å². The highest BCUT2D eigenvalue weighted by atomic mass is 16.6. The standard InChI is InChI=1S/C21H19N3O5/c25-23(26)18-10-13-20(21(15-18)24(27)28)22-17-8-11-19(12-9-17)29-14-4-7-16-5-2-1-3-6-16/h1-3,5-6,8-13,15,22H,4,7,14H2. The first-order valence-corrected chi connectivity index (χ1v) is 8.99. The van der Waals surface area contributed by atoms with Gasteiger partial charge < -0.3 is 10.1 Å². The Morgan fingerprint density at radius 3 is 2.24 bits per heavy atom. The minimum Gasteiger partial charge on any atom is -0.494 e. The van der Waals surface area contributed by atoms with Gasteiger partial charge in [0.05, 0.1) is 22.5 Å². The van der Waals surface area contributed by atoms with Crippen molar-refractivity contribution in [3.63, 3.8) is 0 Å². The second-order valence-electron chi connectivity index (χ2n) is 6.30. The lowest BCUT2D eigenvalue weighted by Gasteiger charge is -2.09. The summed E-state index contributed by atoms with van der Waals surface area (Å²) >= 11 is 0. The number of hydrogen-bond acceptors (Lipinski definition) is 6. The van der Waals surface area contributed by atoms with E-state index in [1.54, 1.807) is 24.3 Å². The zero-order valence-corrected chi connectivity index (χ0v) is 15.5. The van der Waals surface area contributed by atoms with Crippen molar-refractivity contribution in [2.75, 3.05) is 11.9 Å². The third-order valence-electron chi connectivity index (χ3n) is 4.24. The quantitative estimate of drug-likeness (QED) is 0.302. The maximum absolute atomic E-state index is 11.2. The van der Waals surface area contributed by atoms with E-state index < -0.39 is 9.85 Å². The Labute approximate surface area is 167 Å². The fraction of sp³-hybridized carbons (Fsp3) is 0.143. The largest absolute Gasteiger partial charge is 0.494 e. The van der Waals surface area contributed by atoms with Crippen LogP contribution < -0.4 is 10.1 Å². The number of nitro benzene ring substituents is 2. The molecule has 0 fully saturated rings. The fourth-order valence-electron chi connectivity index (χ4n) is 2.79. The molecule has 0 atom stereocenters. The number of hydrogen-bond donors (Lipinski definition) is 1. The van der Waals surface area contributed by atoms with Crippen molar-refractivity contribution in [1.82, 2.24) is 0 Å². The Kier molecular flexibility index (Phi) is 6.36. The molecule has 0 spiro atoms. The summed E-state index contributed by atoms with van der Waals surface area (Å²) in [6.07, 6.45) is 1.82. The molecule has 148 valence electrons. The van der Waals surface area contributed by atoms with Gasteiger partial charge in [0.2, 0.25) is 0 Å². The molecule has 0 bridgehead atoms. The molecule has 3 aromatic rings. The van der Waals surface area contributed by atoms with Crippen molar-refractivity contribution in [2.45, 2.75) is 12.8 Å². The predicted molar refractivity (Wildman–Crippen MR) is 110 cm³/mol. The molecule has 0 aliphatic rings. The summed E-state index contributed by atoms with van der Waals surface area (Å²) in [5, 5.41) is 24.9. The van der Waals surface area contributed by atoms with Gasteiger partial charge in [0.1, 0.15) is 11.4 Å². The van der Waals surface area contributed by atoms with Crippen LogP contribution in [-0.4, -0.2) is 16.5 Å². The molecule has 0 aliphatic carbocycles. The van der Waals surface area contributed by atoms with Crippen LogP contribution in [-0.2, 0) is 6.42 Å². The first-order valence-electron chi connectivity index (χ1n) is 8.99. The second-order valence-corrected chi connectivity index (χ2v) is 6.30. The monoisotopic (exact) mass is 393 g/mol. The molecular weight excluding hydrogens is 374 g/mol. The van der Waals surface area contributed by atoms with Crippen molar-refractivity contribution in [2.24, 2.45) is 0 Å². The molecule has 29 heavy (non-hydrogen) atoms. The summed E-state index contributed by atoms with van der Waals surface area (Å²) in [7, 11) is 0. The summed E-state index contributed by atoms with van der Waals surface area (Å²) in [4.78, 5) is 20.7. The molecule has 0 saturated heterocycles. The molecule has 3 aromatic carbocycles. The molecule has 0 aromatic heterocycles. The Balaban J connectivity index is 1.58. The first kappa shape index (κ1) is 19.8. The molecule has 0 unspecified atom stereocenters. The lowest BCUT2D eigenvalue weighted by Crippen LogP contribution is -2.00. The highest BCUT2D eigenvalue weighted by molar-refractivity contribution is 5.71. The number of ether oxygens (including phenoxy) is 1. The van der Waals surface area contributed by atoms with Crippen LogP contribution in [0.3, 0.4) is 0 Å². The van der Waals surface area contributed by atoms with Gasteiger partial charge in [-0.1, -0.05) is 30.3 Å². The maximum Gasteiger partial charge on any atom is 0.299 e. The van der Waals surface area contributed by atoms with Gasteiger partial charge in [-0.25, -0.2) is 0 Å². The van der Waals surface area contributed by atoms with Crippen molar-refractivity contribution < 1.29 is 14.6 Å². The summed E-state index contributed by atoms with van der Waals surface area (Å²) in [6.45, 7) is 0.579. The van der Waals surface area contributed by atoms with Crippen molar-refractivity contribution in [3.8, 4) is 5.75 Å². The zero-order valence-electron chi connectivity index (χ0n) is 15.5. The second kappa shape index (κ2) is 9.32. The van der Waals surface area contributed by atoms with Gasteiger partial charge in [-0.05, 0) is 48.7 Å². The van der Waals surface area contributed by atoms with Gasteiger partial charge in [0.25, 0.3) is 11.4 Å². The lowest BCUT2D eigenvalue weighted by atomic mass is 10.1. The average Bonchev–Trinajstić information content (AvgIpc) is 2.73. The summed E-state index contributed by atoms with van der Waals surface area (Å²) in [6, 6.07) is 20.7. The maximum atomic E-state index is 11.2. The Morgan fingerprint density at radius 1 is 0.862 bits per heavy atom. The van der Waals surface area contributed by atoms with Crippen LogP contribution in [0.5, 0.6) is 5.75 Å². The number of rotatable bonds is 9. The van der Waals surface area contributed by atoms with Crippen molar-refractivity contribution in [1.29, 1.82) is 0 Å². The van der Waals surface area contributed by atoms with Crippen LogP contribution in [0.1, 0.15) is 12.0 Å². The normalized spacial score (nSPS) is 10.3. The first-order chi connectivity index (χ1) is 14.0. The van der Waals surface area contributed by atoms with Crippen LogP contribution in [0, 0.1) is 20.2 Å². The van der Waals surface area contributed by atoms with E-state index in [0.29, 0.717) is 18.0 Å². The van der Waals surface area contributed by atoms with E-state index in [1.165, 1.54) is 17.7 Å². The van der Waals surface area contributed by atoms with Gasteiger partial charge in [-0.3, -0.25) is 20.2 Å². The molecule has 8 nitrogen and oxygen atoms in total. The van der Waals surface area contributed by atoms with Gasteiger partial charge in [-0.15, -0.1) is 0 Å². The number of nitrogens with zero attached hydrogens (tertiary/aromatic N) is 2. The van der Waals surface area contributed by atoms with Gasteiger partial charge in [-0.2, -0.15) is 0 Å². The van der Waals surface area contributed by atoms with E-state index in [-0.39, 0.29) is 17.1 Å². The van der Waals surface area contributed by atoms with Gasteiger partial charge in [0, 0.05) is 11.8 Å². The summed E-state index contributed by atoms with van der Waals surface area (Å²) in [5.74, 6) is 0.696. The topological polar surface area (TPSA) is 108 Å². The van der Waals surface area contributed by atoms with E-state index in [0.717, 1.165) is 18.9 Å². The number of benzene rings is 3. The minimum absolute atomic E-state index is 0.178. The molecule has 0 amide bonds. The third-order valence-corrected chi connectivity index (χ3v) is 4.24. The number of anilines is 2. The van der Waals surface area contributed by atoms with Crippen LogP contribution in [0.25, 0.3) is 0 Å². The molecule has 0 radical (unpaired) electrons. The van der Waals surface area contributed by atoms with E-state index in [2.05, 4.69) is 17.4 Å². The number of aryl methyl sites for hydroxylation is 1. The van der Waals surface area contributed by atoms with E-state index in [1.807, 2.05) is 18.2 Å². The number of nitro groups is 2. The fourth-order valence-corrected chi connectivity index (χ4v) is 2.79. The Morgan fingerprint density at radius 2 is 1.59 bits per heavy atom. The zero-order chi connectivity index (χ0) is 20.6. The smallest absolute Gasteiger partial charge is 0.299 e. The lowest BCUT2D eigenvalue weighted by molar-refractivity contribution is -0.393. The van der Waals surface area contributed by atoms with Gasteiger partial charge in [0.15, 0.2) is 0 Å². The van der Waals surface area contributed by atoms with E-state index in [9.17, 15) is 20.2 Å². The summed E-state index contributed by atoms with van der Waals surface area (Å²) in [5.41, 5.74) is 1.36. The molecular formula is C21H19N3O5. The molecule has 0 aliphatic heterocycles. The molecule has 1 N–H and O–H groups in total. The molecule has 0 heterocycles. The predicted octanol–water partition coefficient (Wildman–Crippen LogP) is 5.26. The number of nitrogens with one attached hydrogen (secondary N) is 1. The van der Waals surface area contributed by atoms with Crippen LogP contribution in [0.2, 0.25) is 0 Å². The SMILES string of the molecule is O=[N+]([O-])c1ccc(Nc2ccc(OCCCc3ccccc3)cc2)c([N+](=O)[O-])c1. The highest BCUT2D eigenvalue weighted by Crippen LogP contribution is 2.31. The highest BCUT2D eigenvalue weighted by Gasteiger charge is 2.19. The van der Waals surface area contributed by atoms with Gasteiger partial charge >= 0.3 is 0 Å². The Hall–Kier alpha value is -3.94. The number of non-ortho nitro benzene ring substituents is 1. The van der Waals surface area contributed by atoms with E-state index in [4.69, 9.17) is 4.74 Å². The Bertz CT molecular complexity index is 991. The van der Waals surface area contributed by atoms with Crippen LogP contribution >= 0.6 is 0 Å². The molecule has 0 saturated carbocycles. The molecule has 3 rings (SSSR count). The van der Waals surface area contributed by atoms with Crippen LogP contribution in [0.15, 0.2) is 72.8 Å². The molecule has 8 heteroatoms. The summed E-state index contributed by atoms with van der Waals surface area (Å²) < 4.78 is 5.73. The van der Waals surface area contributed by atoms with Crippen molar-refractivity contribution in [3.05, 3.63) is 98.6 Å². The minimum atomic E-state index is -0.666. The van der Waals surface area contributed by atoms with Crippen LogP contribution in [0.4, 0.5) is 22.7 Å².